The van der Waals surface area contributed by atoms with Gasteiger partial charge in [0.05, 0.1) is 0 Å². The third-order valence-electron chi connectivity index (χ3n) is 3.83. The number of nitrogens with zero attached hydrogens (tertiary/aromatic N) is 1. The molecule has 1 atom stereocenters. The Kier molecular flexibility index (Phi) is 5.41. The van der Waals surface area contributed by atoms with Gasteiger partial charge in [-0.25, -0.2) is 0 Å². The molecule has 1 aromatic carbocycles. The molecule has 1 unspecified atom stereocenters. The molecular weight excluding hydrogens is 258 g/mol. The second-order valence-corrected chi connectivity index (χ2v) is 5.80. The molecule has 1 fully saturated rings. The number of carbonyl (C=O) groups is 1. The van der Waals surface area contributed by atoms with Crippen LogP contribution in [0.1, 0.15) is 50.6 Å². The summed E-state index contributed by atoms with van der Waals surface area (Å²) in [5.74, 6) is 0.231. The van der Waals surface area contributed by atoms with E-state index in [1.54, 1.807) is 6.92 Å². The van der Waals surface area contributed by atoms with E-state index in [1.165, 1.54) is 25.7 Å². The first-order chi connectivity index (χ1) is 9.18. The Labute approximate surface area is 120 Å². The maximum atomic E-state index is 11.6. The third kappa shape index (κ3) is 4.05. The molecule has 0 aromatic heterocycles. The Bertz CT molecular complexity index is 425. The smallest absolute Gasteiger partial charge is 0.131 e. The van der Waals surface area contributed by atoms with Gasteiger partial charge in [-0.05, 0) is 44.5 Å². The first kappa shape index (κ1) is 14.5. The Morgan fingerprint density at radius 2 is 1.84 bits per heavy atom. The van der Waals surface area contributed by atoms with Crippen molar-refractivity contribution in [2.24, 2.45) is 0 Å². The van der Waals surface area contributed by atoms with Gasteiger partial charge in [-0.3, -0.25) is 9.69 Å². The van der Waals surface area contributed by atoms with Crippen molar-refractivity contribution in [3.05, 3.63) is 34.9 Å². The van der Waals surface area contributed by atoms with E-state index < -0.39 is 0 Å². The SMILES string of the molecule is CC(=O)CC(c1ccccc1Cl)N1CCCCCC1. The molecule has 0 N–H and O–H groups in total. The number of carbonyl (C=O) groups excluding carboxylic acids is 1. The number of Topliss-reactive ketones (excluding diaryl/α,β-unsaturated/α-hetero) is 1. The molecule has 2 nitrogen and oxygen atoms in total. The van der Waals surface area contributed by atoms with Crippen molar-refractivity contribution in [1.82, 2.24) is 4.90 Å². The summed E-state index contributed by atoms with van der Waals surface area (Å²) in [6.45, 7) is 3.81. The molecule has 0 bridgehead atoms. The van der Waals surface area contributed by atoms with Crippen LogP contribution < -0.4 is 0 Å². The van der Waals surface area contributed by atoms with Crippen LogP contribution >= 0.6 is 11.6 Å². The number of rotatable bonds is 4. The van der Waals surface area contributed by atoms with E-state index >= 15 is 0 Å². The topological polar surface area (TPSA) is 20.3 Å². The number of likely N-dealkylation sites (tertiary alicyclic amines) is 1. The molecule has 1 aliphatic heterocycles. The molecule has 1 saturated heterocycles. The van der Waals surface area contributed by atoms with E-state index in [0.717, 1.165) is 23.7 Å². The van der Waals surface area contributed by atoms with E-state index in [4.69, 9.17) is 11.6 Å². The number of hydrogen-bond donors (Lipinski definition) is 0. The number of benzene rings is 1. The molecule has 0 amide bonds. The lowest BCUT2D eigenvalue weighted by Gasteiger charge is -2.31. The average Bonchev–Trinajstić information content (AvgIpc) is 2.65. The van der Waals surface area contributed by atoms with Gasteiger partial charge >= 0.3 is 0 Å². The minimum Gasteiger partial charge on any atom is -0.300 e. The van der Waals surface area contributed by atoms with Gasteiger partial charge in [0.25, 0.3) is 0 Å². The second kappa shape index (κ2) is 7.06. The standard InChI is InChI=1S/C16H22ClNO/c1-13(19)12-16(14-8-4-5-9-15(14)17)18-10-6-2-3-7-11-18/h4-5,8-9,16H,2-3,6-7,10-12H2,1H3. The zero-order chi connectivity index (χ0) is 13.7. The van der Waals surface area contributed by atoms with Gasteiger partial charge in [-0.2, -0.15) is 0 Å². The molecule has 3 heteroatoms. The third-order valence-corrected chi connectivity index (χ3v) is 4.17. The summed E-state index contributed by atoms with van der Waals surface area (Å²) >= 11 is 6.32. The van der Waals surface area contributed by atoms with E-state index in [-0.39, 0.29) is 11.8 Å². The van der Waals surface area contributed by atoms with E-state index in [2.05, 4.69) is 11.0 Å². The Balaban J connectivity index is 2.24. The summed E-state index contributed by atoms with van der Waals surface area (Å²) in [7, 11) is 0. The fraction of sp³-hybridized carbons (Fsp3) is 0.562. The predicted molar refractivity (Wildman–Crippen MR) is 79.5 cm³/mol. The minimum absolute atomic E-state index is 0.143. The van der Waals surface area contributed by atoms with Crippen LogP contribution in [0, 0.1) is 0 Å². The predicted octanol–water partition coefficient (Wildman–Crippen LogP) is 4.24. The lowest BCUT2D eigenvalue weighted by atomic mass is 9.99. The molecule has 1 heterocycles. The zero-order valence-corrected chi connectivity index (χ0v) is 12.3. The molecule has 0 radical (unpaired) electrons. The second-order valence-electron chi connectivity index (χ2n) is 5.39. The van der Waals surface area contributed by atoms with E-state index in [1.807, 2.05) is 18.2 Å². The van der Waals surface area contributed by atoms with Crippen LogP contribution in [0.25, 0.3) is 0 Å². The van der Waals surface area contributed by atoms with Crippen LogP contribution in [-0.4, -0.2) is 23.8 Å². The van der Waals surface area contributed by atoms with Crippen molar-refractivity contribution in [1.29, 1.82) is 0 Å². The van der Waals surface area contributed by atoms with Crippen molar-refractivity contribution in [2.45, 2.75) is 45.1 Å². The molecule has 1 aliphatic rings. The molecule has 104 valence electrons. The zero-order valence-electron chi connectivity index (χ0n) is 11.6. The van der Waals surface area contributed by atoms with Gasteiger partial charge < -0.3 is 0 Å². The maximum Gasteiger partial charge on any atom is 0.131 e. The van der Waals surface area contributed by atoms with E-state index in [0.29, 0.717) is 6.42 Å². The molecule has 19 heavy (non-hydrogen) atoms. The summed E-state index contributed by atoms with van der Waals surface area (Å²) in [5.41, 5.74) is 1.10. The molecular formula is C16H22ClNO. The van der Waals surface area contributed by atoms with Gasteiger partial charge in [-0.15, -0.1) is 0 Å². The first-order valence-electron chi connectivity index (χ1n) is 7.16. The average molecular weight is 280 g/mol. The Morgan fingerprint density at radius 3 is 2.42 bits per heavy atom. The van der Waals surface area contributed by atoms with Gasteiger partial charge in [0.2, 0.25) is 0 Å². The van der Waals surface area contributed by atoms with Gasteiger partial charge in [-0.1, -0.05) is 42.6 Å². The van der Waals surface area contributed by atoms with Crippen LogP contribution in [0.2, 0.25) is 5.02 Å². The molecule has 2 rings (SSSR count). The molecule has 0 saturated carbocycles. The fourth-order valence-corrected chi connectivity index (χ4v) is 3.12. The van der Waals surface area contributed by atoms with Crippen LogP contribution in [0.15, 0.2) is 24.3 Å². The highest BCUT2D eigenvalue weighted by atomic mass is 35.5. The van der Waals surface area contributed by atoms with Crippen LogP contribution in [0.3, 0.4) is 0 Å². The van der Waals surface area contributed by atoms with Gasteiger partial charge in [0, 0.05) is 17.5 Å². The van der Waals surface area contributed by atoms with Gasteiger partial charge in [0.15, 0.2) is 0 Å². The summed E-state index contributed by atoms with van der Waals surface area (Å²) in [4.78, 5) is 14.0. The van der Waals surface area contributed by atoms with Gasteiger partial charge in [0.1, 0.15) is 5.78 Å². The number of ketones is 1. The Morgan fingerprint density at radius 1 is 1.21 bits per heavy atom. The number of halogens is 1. The Hall–Kier alpha value is -0.860. The van der Waals surface area contributed by atoms with Crippen LogP contribution in [-0.2, 0) is 4.79 Å². The summed E-state index contributed by atoms with van der Waals surface area (Å²) in [6, 6.07) is 8.07. The van der Waals surface area contributed by atoms with E-state index in [9.17, 15) is 4.79 Å². The number of hydrogen-bond acceptors (Lipinski definition) is 2. The van der Waals surface area contributed by atoms with Crippen LogP contribution in [0.5, 0.6) is 0 Å². The highest BCUT2D eigenvalue weighted by molar-refractivity contribution is 6.31. The molecule has 0 aliphatic carbocycles. The molecule has 0 spiro atoms. The van der Waals surface area contributed by atoms with Crippen molar-refractivity contribution in [3.63, 3.8) is 0 Å². The fourth-order valence-electron chi connectivity index (χ4n) is 2.86. The van der Waals surface area contributed by atoms with Crippen molar-refractivity contribution >= 4 is 17.4 Å². The van der Waals surface area contributed by atoms with Crippen molar-refractivity contribution in [2.75, 3.05) is 13.1 Å². The first-order valence-corrected chi connectivity index (χ1v) is 7.54. The monoisotopic (exact) mass is 279 g/mol. The summed E-state index contributed by atoms with van der Waals surface area (Å²) < 4.78 is 0. The van der Waals surface area contributed by atoms with Crippen molar-refractivity contribution in [3.8, 4) is 0 Å². The minimum atomic E-state index is 0.143. The normalized spacial score (nSPS) is 18.8. The molecule has 1 aromatic rings. The summed E-state index contributed by atoms with van der Waals surface area (Å²) in [5, 5.41) is 0.776. The highest BCUT2D eigenvalue weighted by Gasteiger charge is 2.24. The highest BCUT2D eigenvalue weighted by Crippen LogP contribution is 2.31. The summed E-state index contributed by atoms with van der Waals surface area (Å²) in [6.07, 6.45) is 5.60. The lowest BCUT2D eigenvalue weighted by molar-refractivity contribution is -0.118. The lowest BCUT2D eigenvalue weighted by Crippen LogP contribution is -2.31. The maximum absolute atomic E-state index is 11.6. The quantitative estimate of drug-likeness (QED) is 0.822. The largest absolute Gasteiger partial charge is 0.300 e. The van der Waals surface area contributed by atoms with Crippen LogP contribution in [0.4, 0.5) is 0 Å². The van der Waals surface area contributed by atoms with Crippen molar-refractivity contribution < 1.29 is 4.79 Å².